The topological polar surface area (TPSA) is 66.5 Å². The fourth-order valence-corrected chi connectivity index (χ4v) is 3.32. The lowest BCUT2D eigenvalue weighted by molar-refractivity contribution is -0.136. The Balaban J connectivity index is 1.64. The van der Waals surface area contributed by atoms with Gasteiger partial charge < -0.3 is 4.90 Å². The number of fused-ring (bicyclic) bond motifs is 1. The van der Waals surface area contributed by atoms with Gasteiger partial charge in [-0.15, -0.1) is 0 Å². The molecule has 1 N–H and O–H groups in total. The molecule has 1 atom stereocenters. The molecule has 1 aliphatic carbocycles. The number of nitrogens with one attached hydrogen (secondary N) is 1. The minimum atomic E-state index is -0.648. The Kier molecular flexibility index (Phi) is 2.82. The van der Waals surface area contributed by atoms with Crippen LogP contribution in [0.5, 0.6) is 0 Å². The van der Waals surface area contributed by atoms with Crippen molar-refractivity contribution in [2.45, 2.75) is 44.2 Å². The van der Waals surface area contributed by atoms with Crippen molar-refractivity contribution in [1.82, 2.24) is 10.2 Å². The second-order valence-corrected chi connectivity index (χ2v) is 6.21. The van der Waals surface area contributed by atoms with E-state index in [0.29, 0.717) is 24.1 Å². The van der Waals surface area contributed by atoms with E-state index in [4.69, 9.17) is 0 Å². The summed E-state index contributed by atoms with van der Waals surface area (Å²) < 4.78 is 14.1. The van der Waals surface area contributed by atoms with E-state index in [2.05, 4.69) is 5.32 Å². The third-order valence-corrected chi connectivity index (χ3v) is 4.66. The van der Waals surface area contributed by atoms with Gasteiger partial charge in [0.05, 0.1) is 0 Å². The summed E-state index contributed by atoms with van der Waals surface area (Å²) in [6, 6.07) is 2.42. The predicted molar refractivity (Wildman–Crippen MR) is 74.4 cm³/mol. The molecule has 2 aliphatic heterocycles. The standard InChI is InChI=1S/C16H15FN2O3/c17-12-6-11-9(5-10(12)8-1-2-8)7-19(16(11)22)13-3-4-14(20)18-15(13)21/h5-6,8,13H,1-4,7H2,(H,18,20,21). The van der Waals surface area contributed by atoms with Crippen LogP contribution in [0.25, 0.3) is 0 Å². The average Bonchev–Trinajstić information content (AvgIpc) is 3.26. The number of rotatable bonds is 2. The summed E-state index contributed by atoms with van der Waals surface area (Å²) in [6.45, 7) is 0.306. The number of imide groups is 1. The zero-order valence-corrected chi connectivity index (χ0v) is 11.9. The average molecular weight is 302 g/mol. The van der Waals surface area contributed by atoms with Crippen LogP contribution in [0.2, 0.25) is 0 Å². The van der Waals surface area contributed by atoms with Gasteiger partial charge in [0, 0.05) is 18.5 Å². The maximum atomic E-state index is 14.1. The highest BCUT2D eigenvalue weighted by Gasteiger charge is 2.40. The molecular weight excluding hydrogens is 287 g/mol. The van der Waals surface area contributed by atoms with E-state index in [1.54, 1.807) is 6.07 Å². The van der Waals surface area contributed by atoms with Gasteiger partial charge in [0.1, 0.15) is 11.9 Å². The summed E-state index contributed by atoms with van der Waals surface area (Å²) in [6.07, 6.45) is 2.52. The van der Waals surface area contributed by atoms with E-state index in [9.17, 15) is 18.8 Å². The van der Waals surface area contributed by atoms with Gasteiger partial charge >= 0.3 is 0 Å². The molecule has 22 heavy (non-hydrogen) atoms. The Morgan fingerprint density at radius 1 is 1.14 bits per heavy atom. The van der Waals surface area contributed by atoms with E-state index < -0.39 is 11.9 Å². The number of hydrogen-bond acceptors (Lipinski definition) is 3. The first-order valence-corrected chi connectivity index (χ1v) is 7.51. The van der Waals surface area contributed by atoms with Gasteiger partial charge in [0.2, 0.25) is 11.8 Å². The molecule has 6 heteroatoms. The summed E-state index contributed by atoms with van der Waals surface area (Å²) in [7, 11) is 0. The maximum absolute atomic E-state index is 14.1. The number of hydrogen-bond donors (Lipinski definition) is 1. The van der Waals surface area contributed by atoms with Gasteiger partial charge in [-0.3, -0.25) is 19.7 Å². The van der Waals surface area contributed by atoms with Crippen LogP contribution in [0.15, 0.2) is 12.1 Å². The van der Waals surface area contributed by atoms with Gasteiger partial charge in [0.25, 0.3) is 5.91 Å². The summed E-state index contributed by atoms with van der Waals surface area (Å²) in [5, 5.41) is 2.26. The Morgan fingerprint density at radius 3 is 2.59 bits per heavy atom. The molecule has 3 amide bonds. The fourth-order valence-electron chi connectivity index (χ4n) is 3.32. The molecule has 1 aromatic rings. The van der Waals surface area contributed by atoms with Crippen LogP contribution < -0.4 is 5.32 Å². The van der Waals surface area contributed by atoms with E-state index in [1.165, 1.54) is 11.0 Å². The van der Waals surface area contributed by atoms with E-state index in [-0.39, 0.29) is 30.0 Å². The molecule has 3 aliphatic rings. The number of nitrogens with zero attached hydrogens (tertiary/aromatic N) is 1. The first-order chi connectivity index (χ1) is 10.5. The largest absolute Gasteiger partial charge is 0.322 e. The first-order valence-electron chi connectivity index (χ1n) is 7.51. The van der Waals surface area contributed by atoms with Gasteiger partial charge in [0.15, 0.2) is 0 Å². The van der Waals surface area contributed by atoms with Crippen molar-refractivity contribution < 1.29 is 18.8 Å². The van der Waals surface area contributed by atoms with Crippen LogP contribution >= 0.6 is 0 Å². The molecule has 1 aromatic carbocycles. The third-order valence-electron chi connectivity index (χ3n) is 4.66. The molecule has 2 heterocycles. The number of benzene rings is 1. The molecule has 2 fully saturated rings. The van der Waals surface area contributed by atoms with Gasteiger partial charge in [-0.1, -0.05) is 6.07 Å². The zero-order valence-electron chi connectivity index (χ0n) is 11.9. The Bertz CT molecular complexity index is 712. The summed E-state index contributed by atoms with van der Waals surface area (Å²) in [4.78, 5) is 37.1. The maximum Gasteiger partial charge on any atom is 0.255 e. The van der Waals surface area contributed by atoms with Crippen molar-refractivity contribution in [3.8, 4) is 0 Å². The van der Waals surface area contributed by atoms with E-state index >= 15 is 0 Å². The second-order valence-electron chi connectivity index (χ2n) is 6.21. The Labute approximate surface area is 126 Å². The molecule has 0 radical (unpaired) electrons. The lowest BCUT2D eigenvalue weighted by atomic mass is 10.0. The molecule has 1 saturated heterocycles. The minimum absolute atomic E-state index is 0.220. The summed E-state index contributed by atoms with van der Waals surface area (Å²) in [5.74, 6) is -1.15. The molecule has 0 spiro atoms. The van der Waals surface area contributed by atoms with Crippen molar-refractivity contribution >= 4 is 17.7 Å². The van der Waals surface area contributed by atoms with Gasteiger partial charge in [-0.25, -0.2) is 4.39 Å². The minimum Gasteiger partial charge on any atom is -0.322 e. The highest BCUT2D eigenvalue weighted by Crippen LogP contribution is 2.43. The van der Waals surface area contributed by atoms with Crippen molar-refractivity contribution in [3.05, 3.63) is 34.6 Å². The number of halogens is 1. The zero-order chi connectivity index (χ0) is 15.4. The predicted octanol–water partition coefficient (Wildman–Crippen LogP) is 1.46. The van der Waals surface area contributed by atoms with Crippen LogP contribution in [-0.4, -0.2) is 28.7 Å². The fraction of sp³-hybridized carbons (Fsp3) is 0.438. The number of amides is 3. The number of piperidine rings is 1. The Hall–Kier alpha value is -2.24. The van der Waals surface area contributed by atoms with Crippen LogP contribution in [0.4, 0.5) is 4.39 Å². The van der Waals surface area contributed by atoms with Crippen molar-refractivity contribution in [3.63, 3.8) is 0 Å². The molecule has 1 saturated carbocycles. The van der Waals surface area contributed by atoms with Crippen molar-refractivity contribution in [2.75, 3.05) is 0 Å². The third kappa shape index (κ3) is 2.01. The van der Waals surface area contributed by atoms with Crippen LogP contribution in [-0.2, 0) is 16.1 Å². The van der Waals surface area contributed by atoms with Crippen LogP contribution in [0.1, 0.15) is 53.1 Å². The van der Waals surface area contributed by atoms with Crippen LogP contribution in [0, 0.1) is 5.82 Å². The molecule has 0 bridgehead atoms. The first kappa shape index (κ1) is 13.4. The molecule has 114 valence electrons. The number of carbonyl (C=O) groups excluding carboxylic acids is 3. The smallest absolute Gasteiger partial charge is 0.255 e. The van der Waals surface area contributed by atoms with Gasteiger partial charge in [-0.2, -0.15) is 0 Å². The summed E-state index contributed by atoms with van der Waals surface area (Å²) in [5.41, 5.74) is 1.79. The molecule has 1 unspecified atom stereocenters. The molecule has 5 nitrogen and oxygen atoms in total. The second kappa shape index (κ2) is 4.63. The molecule has 4 rings (SSSR count). The van der Waals surface area contributed by atoms with Crippen molar-refractivity contribution in [2.24, 2.45) is 0 Å². The Morgan fingerprint density at radius 2 is 1.91 bits per heavy atom. The molecular formula is C16H15FN2O3. The monoisotopic (exact) mass is 302 g/mol. The number of carbonyl (C=O) groups is 3. The van der Waals surface area contributed by atoms with Crippen LogP contribution in [0.3, 0.4) is 0 Å². The van der Waals surface area contributed by atoms with E-state index in [0.717, 1.165) is 18.4 Å². The SMILES string of the molecule is O=C1CCC(N2Cc3cc(C4CC4)c(F)cc3C2=O)C(=O)N1. The van der Waals surface area contributed by atoms with Gasteiger partial charge in [-0.05, 0) is 42.4 Å². The quantitative estimate of drug-likeness (QED) is 0.841. The molecule has 0 aromatic heterocycles. The van der Waals surface area contributed by atoms with E-state index in [1.807, 2.05) is 0 Å². The highest BCUT2D eigenvalue weighted by molar-refractivity contribution is 6.05. The highest BCUT2D eigenvalue weighted by atomic mass is 19.1. The lowest BCUT2D eigenvalue weighted by Gasteiger charge is -2.29. The normalized spacial score (nSPS) is 24.5. The lowest BCUT2D eigenvalue weighted by Crippen LogP contribution is -2.52. The van der Waals surface area contributed by atoms with Crippen molar-refractivity contribution in [1.29, 1.82) is 0 Å². The summed E-state index contributed by atoms with van der Waals surface area (Å²) >= 11 is 0.